The van der Waals surface area contributed by atoms with E-state index in [9.17, 15) is 9.59 Å². The first-order valence-electron chi connectivity index (χ1n) is 6.57. The van der Waals surface area contributed by atoms with E-state index in [0.717, 1.165) is 19.3 Å². The van der Waals surface area contributed by atoms with Crippen LogP contribution in [0.2, 0.25) is 0 Å². The van der Waals surface area contributed by atoms with E-state index in [1.54, 1.807) is 0 Å². The number of carbonyl (C=O) groups is 2. The lowest BCUT2D eigenvalue weighted by molar-refractivity contribution is -0.138. The molecule has 1 amide bonds. The van der Waals surface area contributed by atoms with Gasteiger partial charge in [0.25, 0.3) is 0 Å². The number of hydrogen-bond donors (Lipinski definition) is 2. The third-order valence-corrected chi connectivity index (χ3v) is 2.48. The van der Waals surface area contributed by atoms with Crippen molar-refractivity contribution in [2.24, 2.45) is 0 Å². The summed E-state index contributed by atoms with van der Waals surface area (Å²) in [6.07, 6.45) is 4.64. The van der Waals surface area contributed by atoms with E-state index >= 15 is 0 Å². The normalized spacial score (nSPS) is 10.4. The second-order valence-electron chi connectivity index (χ2n) is 4.34. The average molecular weight is 284 g/mol. The number of hydrogen-bond acceptors (Lipinski definition) is 5. The van der Waals surface area contributed by atoms with Gasteiger partial charge in [-0.05, 0) is 6.42 Å². The SMILES string of the molecule is CCCCCOCC(=O)NCc1cn(CC(=O)O)nn1. The van der Waals surface area contributed by atoms with Crippen LogP contribution >= 0.6 is 0 Å². The van der Waals surface area contributed by atoms with E-state index in [-0.39, 0.29) is 25.6 Å². The Balaban J connectivity index is 2.17. The first-order valence-corrected chi connectivity index (χ1v) is 6.57. The number of nitrogens with zero attached hydrogens (tertiary/aromatic N) is 3. The fraction of sp³-hybridized carbons (Fsp3) is 0.667. The number of nitrogens with one attached hydrogen (secondary N) is 1. The highest BCUT2D eigenvalue weighted by Gasteiger charge is 2.06. The largest absolute Gasteiger partial charge is 0.480 e. The van der Waals surface area contributed by atoms with E-state index in [1.807, 2.05) is 0 Å². The molecular formula is C12H20N4O4. The first kappa shape index (κ1) is 16.1. The van der Waals surface area contributed by atoms with Crippen molar-refractivity contribution >= 4 is 11.9 Å². The van der Waals surface area contributed by atoms with Gasteiger partial charge in [0, 0.05) is 6.61 Å². The molecule has 0 unspecified atom stereocenters. The minimum Gasteiger partial charge on any atom is -0.480 e. The Labute approximate surface area is 117 Å². The van der Waals surface area contributed by atoms with E-state index in [2.05, 4.69) is 22.6 Å². The van der Waals surface area contributed by atoms with Crippen LogP contribution in [-0.4, -0.2) is 45.2 Å². The molecule has 1 aromatic rings. The molecule has 0 aliphatic heterocycles. The highest BCUT2D eigenvalue weighted by Crippen LogP contribution is 1.95. The number of carbonyl (C=O) groups excluding carboxylic acids is 1. The lowest BCUT2D eigenvalue weighted by Crippen LogP contribution is -2.27. The van der Waals surface area contributed by atoms with Gasteiger partial charge in [-0.15, -0.1) is 5.10 Å². The number of aromatic nitrogens is 3. The molecule has 0 aromatic carbocycles. The standard InChI is InChI=1S/C12H20N4O4/c1-2-3-4-5-20-9-11(17)13-6-10-7-16(15-14-10)8-12(18)19/h7H,2-6,8-9H2,1H3,(H,13,17)(H,18,19). The zero-order valence-corrected chi connectivity index (χ0v) is 11.5. The highest BCUT2D eigenvalue weighted by molar-refractivity contribution is 5.77. The van der Waals surface area contributed by atoms with Crippen LogP contribution in [0.15, 0.2) is 6.20 Å². The number of amides is 1. The topological polar surface area (TPSA) is 106 Å². The third-order valence-electron chi connectivity index (χ3n) is 2.48. The van der Waals surface area contributed by atoms with Crippen LogP contribution in [0.3, 0.4) is 0 Å². The molecule has 0 saturated heterocycles. The third kappa shape index (κ3) is 6.83. The molecule has 0 bridgehead atoms. The van der Waals surface area contributed by atoms with Crippen molar-refractivity contribution < 1.29 is 19.4 Å². The average Bonchev–Trinajstić information content (AvgIpc) is 2.83. The first-order chi connectivity index (χ1) is 9.61. The van der Waals surface area contributed by atoms with Crippen LogP contribution in [0, 0.1) is 0 Å². The van der Waals surface area contributed by atoms with Gasteiger partial charge in [0.2, 0.25) is 5.91 Å². The van der Waals surface area contributed by atoms with Crippen molar-refractivity contribution in [3.63, 3.8) is 0 Å². The molecule has 0 spiro atoms. The second-order valence-corrected chi connectivity index (χ2v) is 4.34. The maximum Gasteiger partial charge on any atom is 0.325 e. The molecule has 20 heavy (non-hydrogen) atoms. The lowest BCUT2D eigenvalue weighted by atomic mass is 10.3. The van der Waals surface area contributed by atoms with Crippen molar-refractivity contribution in [2.45, 2.75) is 39.3 Å². The van der Waals surface area contributed by atoms with Crippen LogP contribution in [0.4, 0.5) is 0 Å². The molecule has 0 saturated carbocycles. The monoisotopic (exact) mass is 284 g/mol. The van der Waals surface area contributed by atoms with Crippen LogP contribution in [0.1, 0.15) is 31.9 Å². The Bertz CT molecular complexity index is 433. The van der Waals surface area contributed by atoms with Crippen molar-refractivity contribution in [1.29, 1.82) is 0 Å². The number of unbranched alkanes of at least 4 members (excludes halogenated alkanes) is 2. The van der Waals surface area contributed by atoms with E-state index in [0.29, 0.717) is 12.3 Å². The smallest absolute Gasteiger partial charge is 0.325 e. The van der Waals surface area contributed by atoms with E-state index < -0.39 is 5.97 Å². The molecule has 8 nitrogen and oxygen atoms in total. The molecule has 0 aliphatic rings. The Morgan fingerprint density at radius 3 is 2.95 bits per heavy atom. The summed E-state index contributed by atoms with van der Waals surface area (Å²) in [6, 6.07) is 0. The Morgan fingerprint density at radius 2 is 2.25 bits per heavy atom. The van der Waals surface area contributed by atoms with Gasteiger partial charge in [0.05, 0.1) is 12.7 Å². The predicted octanol–water partition coefficient (Wildman–Crippen LogP) is 0.186. The van der Waals surface area contributed by atoms with Crippen molar-refractivity contribution in [2.75, 3.05) is 13.2 Å². The molecule has 0 radical (unpaired) electrons. The maximum atomic E-state index is 11.4. The van der Waals surface area contributed by atoms with Crippen molar-refractivity contribution in [1.82, 2.24) is 20.3 Å². The van der Waals surface area contributed by atoms with Gasteiger partial charge >= 0.3 is 5.97 Å². The van der Waals surface area contributed by atoms with E-state index in [1.165, 1.54) is 10.9 Å². The maximum absolute atomic E-state index is 11.4. The number of rotatable bonds is 10. The summed E-state index contributed by atoms with van der Waals surface area (Å²) >= 11 is 0. The van der Waals surface area contributed by atoms with Gasteiger partial charge in [-0.1, -0.05) is 25.0 Å². The molecule has 1 heterocycles. The summed E-state index contributed by atoms with van der Waals surface area (Å²) in [5.41, 5.74) is 0.505. The molecule has 8 heteroatoms. The molecule has 2 N–H and O–H groups in total. The summed E-state index contributed by atoms with van der Waals surface area (Å²) in [4.78, 5) is 21.9. The minimum absolute atomic E-state index is 0.0208. The van der Waals surface area contributed by atoms with Gasteiger partial charge in [-0.25, -0.2) is 4.68 Å². The van der Waals surface area contributed by atoms with Gasteiger partial charge in [-0.2, -0.15) is 0 Å². The lowest BCUT2D eigenvalue weighted by Gasteiger charge is -2.04. The van der Waals surface area contributed by atoms with Crippen molar-refractivity contribution in [3.05, 3.63) is 11.9 Å². The molecular weight excluding hydrogens is 264 g/mol. The number of aliphatic carboxylic acids is 1. The predicted molar refractivity (Wildman–Crippen MR) is 69.8 cm³/mol. The van der Waals surface area contributed by atoms with Crippen LogP contribution in [0.5, 0.6) is 0 Å². The zero-order chi connectivity index (χ0) is 14.8. The van der Waals surface area contributed by atoms with Gasteiger partial charge in [0.1, 0.15) is 18.8 Å². The Kier molecular flexibility index (Phi) is 7.26. The molecule has 1 rings (SSSR count). The number of carboxylic acids is 1. The summed E-state index contributed by atoms with van der Waals surface area (Å²) < 4.78 is 6.41. The fourth-order valence-corrected chi connectivity index (χ4v) is 1.49. The summed E-state index contributed by atoms with van der Waals surface area (Å²) in [7, 11) is 0. The zero-order valence-electron chi connectivity index (χ0n) is 11.5. The quantitative estimate of drug-likeness (QED) is 0.594. The number of carboxylic acid groups (broad SMARTS) is 1. The van der Waals surface area contributed by atoms with Gasteiger partial charge in [-0.3, -0.25) is 9.59 Å². The Hall–Kier alpha value is -1.96. The summed E-state index contributed by atoms with van der Waals surface area (Å²) in [5.74, 6) is -1.22. The molecule has 0 aliphatic carbocycles. The van der Waals surface area contributed by atoms with Crippen LogP contribution in [-0.2, 0) is 27.4 Å². The molecule has 112 valence electrons. The van der Waals surface area contributed by atoms with Crippen LogP contribution < -0.4 is 5.32 Å². The molecule has 1 aromatic heterocycles. The summed E-state index contributed by atoms with van der Waals surface area (Å²) in [5, 5.41) is 18.6. The van der Waals surface area contributed by atoms with E-state index in [4.69, 9.17) is 9.84 Å². The number of ether oxygens (including phenoxy) is 1. The molecule has 0 fully saturated rings. The van der Waals surface area contributed by atoms with Gasteiger partial charge in [0.15, 0.2) is 0 Å². The fourth-order valence-electron chi connectivity index (χ4n) is 1.49. The second kappa shape index (κ2) is 9.03. The highest BCUT2D eigenvalue weighted by atomic mass is 16.5. The summed E-state index contributed by atoms with van der Waals surface area (Å²) in [6.45, 7) is 2.66. The van der Waals surface area contributed by atoms with Crippen molar-refractivity contribution in [3.8, 4) is 0 Å². The van der Waals surface area contributed by atoms with Gasteiger partial charge < -0.3 is 15.2 Å². The molecule has 0 atom stereocenters. The Morgan fingerprint density at radius 1 is 1.45 bits per heavy atom. The van der Waals surface area contributed by atoms with Crippen LogP contribution in [0.25, 0.3) is 0 Å². The minimum atomic E-state index is -0.994.